The van der Waals surface area contributed by atoms with Gasteiger partial charge in [0.25, 0.3) is 0 Å². The van der Waals surface area contributed by atoms with E-state index in [2.05, 4.69) is 38.2 Å². The minimum Gasteiger partial charge on any atom is -0.315 e. The molecule has 0 aromatic carbocycles. The fraction of sp³-hybridized carbons (Fsp3) is 0.714. The van der Waals surface area contributed by atoms with Crippen molar-refractivity contribution in [3.05, 3.63) is 21.9 Å². The quantitative estimate of drug-likeness (QED) is 0.676. The fourth-order valence-corrected chi connectivity index (χ4v) is 2.74. The summed E-state index contributed by atoms with van der Waals surface area (Å²) in [6.07, 6.45) is 6.45. The zero-order chi connectivity index (χ0) is 11.8. The van der Waals surface area contributed by atoms with E-state index in [-0.39, 0.29) is 0 Å². The van der Waals surface area contributed by atoms with Gasteiger partial charge in [0.15, 0.2) is 0 Å². The molecule has 0 aliphatic rings. The van der Waals surface area contributed by atoms with Crippen LogP contribution in [-0.4, -0.2) is 12.6 Å². The average molecular weight is 239 g/mol. The number of nitrogens with one attached hydrogen (secondary N) is 1. The summed E-state index contributed by atoms with van der Waals surface area (Å²) in [7, 11) is 0. The van der Waals surface area contributed by atoms with Crippen LogP contribution in [0.2, 0.25) is 0 Å². The summed E-state index contributed by atoms with van der Waals surface area (Å²) in [6, 6.07) is 5.21. The summed E-state index contributed by atoms with van der Waals surface area (Å²) in [5.74, 6) is 0. The maximum absolute atomic E-state index is 3.46. The summed E-state index contributed by atoms with van der Waals surface area (Å²) >= 11 is 1.99. The SMILES string of the molecule is CCc1ccc(CCCCCNC(C)C)s1. The third-order valence-corrected chi connectivity index (χ3v) is 4.01. The molecule has 0 saturated carbocycles. The van der Waals surface area contributed by atoms with Crippen molar-refractivity contribution in [3.8, 4) is 0 Å². The van der Waals surface area contributed by atoms with E-state index in [1.807, 2.05) is 11.3 Å². The van der Waals surface area contributed by atoms with Gasteiger partial charge in [-0.2, -0.15) is 0 Å². The predicted molar refractivity (Wildman–Crippen MR) is 74.4 cm³/mol. The molecule has 0 spiro atoms. The predicted octanol–water partition coefficient (Wildman–Crippen LogP) is 4.02. The molecule has 0 amide bonds. The first-order valence-corrected chi connectivity index (χ1v) is 7.35. The van der Waals surface area contributed by atoms with Gasteiger partial charge >= 0.3 is 0 Å². The molecule has 1 heterocycles. The highest BCUT2D eigenvalue weighted by Crippen LogP contribution is 2.19. The van der Waals surface area contributed by atoms with Crippen molar-refractivity contribution in [2.75, 3.05) is 6.54 Å². The second-order valence-corrected chi connectivity index (χ2v) is 5.89. The van der Waals surface area contributed by atoms with Crippen LogP contribution in [0.5, 0.6) is 0 Å². The number of hydrogen-bond acceptors (Lipinski definition) is 2. The topological polar surface area (TPSA) is 12.0 Å². The second kappa shape index (κ2) is 7.86. The van der Waals surface area contributed by atoms with Gasteiger partial charge in [-0.1, -0.05) is 27.2 Å². The smallest absolute Gasteiger partial charge is 0.00481 e. The molecule has 92 valence electrons. The van der Waals surface area contributed by atoms with Crippen LogP contribution in [0.25, 0.3) is 0 Å². The minimum absolute atomic E-state index is 0.629. The molecular formula is C14H25NS. The van der Waals surface area contributed by atoms with Crippen molar-refractivity contribution in [2.45, 2.75) is 58.9 Å². The number of hydrogen-bond donors (Lipinski definition) is 1. The van der Waals surface area contributed by atoms with Crippen molar-refractivity contribution in [1.29, 1.82) is 0 Å². The highest BCUT2D eigenvalue weighted by molar-refractivity contribution is 7.11. The lowest BCUT2D eigenvalue weighted by atomic mass is 10.1. The monoisotopic (exact) mass is 239 g/mol. The highest BCUT2D eigenvalue weighted by atomic mass is 32.1. The van der Waals surface area contributed by atoms with Crippen LogP contribution in [0.4, 0.5) is 0 Å². The maximum Gasteiger partial charge on any atom is 0.00481 e. The Bertz CT molecular complexity index is 278. The second-order valence-electron chi connectivity index (χ2n) is 4.64. The Balaban J connectivity index is 2.02. The van der Waals surface area contributed by atoms with Crippen LogP contribution in [-0.2, 0) is 12.8 Å². The van der Waals surface area contributed by atoms with Crippen molar-refractivity contribution in [3.63, 3.8) is 0 Å². The summed E-state index contributed by atoms with van der Waals surface area (Å²) < 4.78 is 0. The van der Waals surface area contributed by atoms with Crippen molar-refractivity contribution < 1.29 is 0 Å². The third-order valence-electron chi connectivity index (χ3n) is 2.72. The van der Waals surface area contributed by atoms with Crippen LogP contribution >= 0.6 is 11.3 Å². The van der Waals surface area contributed by atoms with Gasteiger partial charge in [-0.15, -0.1) is 11.3 Å². The van der Waals surface area contributed by atoms with E-state index >= 15 is 0 Å². The van der Waals surface area contributed by atoms with E-state index in [0.29, 0.717) is 6.04 Å². The molecule has 1 nitrogen and oxygen atoms in total. The highest BCUT2D eigenvalue weighted by Gasteiger charge is 1.98. The molecule has 0 fully saturated rings. The fourth-order valence-electron chi connectivity index (χ4n) is 1.74. The number of aryl methyl sites for hydroxylation is 2. The van der Waals surface area contributed by atoms with Gasteiger partial charge in [-0.05, 0) is 44.4 Å². The van der Waals surface area contributed by atoms with Crippen molar-refractivity contribution in [1.82, 2.24) is 5.32 Å². The average Bonchev–Trinajstić information content (AvgIpc) is 2.70. The summed E-state index contributed by atoms with van der Waals surface area (Å²) in [4.78, 5) is 3.09. The Morgan fingerprint density at radius 3 is 2.50 bits per heavy atom. The minimum atomic E-state index is 0.629. The van der Waals surface area contributed by atoms with E-state index in [9.17, 15) is 0 Å². The van der Waals surface area contributed by atoms with Gasteiger partial charge in [0.1, 0.15) is 0 Å². The van der Waals surface area contributed by atoms with Crippen molar-refractivity contribution in [2.24, 2.45) is 0 Å². The Morgan fingerprint density at radius 1 is 1.12 bits per heavy atom. The molecule has 2 heteroatoms. The molecule has 0 aliphatic carbocycles. The first kappa shape index (κ1) is 13.7. The zero-order valence-electron chi connectivity index (χ0n) is 10.9. The normalized spacial score (nSPS) is 11.2. The zero-order valence-corrected chi connectivity index (χ0v) is 11.7. The molecule has 0 radical (unpaired) electrons. The molecular weight excluding hydrogens is 214 g/mol. The molecule has 0 saturated heterocycles. The van der Waals surface area contributed by atoms with E-state index in [1.54, 1.807) is 4.88 Å². The Morgan fingerprint density at radius 2 is 1.88 bits per heavy atom. The molecule has 16 heavy (non-hydrogen) atoms. The first-order valence-electron chi connectivity index (χ1n) is 6.53. The van der Waals surface area contributed by atoms with Crippen molar-refractivity contribution >= 4 is 11.3 Å². The molecule has 1 aromatic rings. The molecule has 0 atom stereocenters. The van der Waals surface area contributed by atoms with Gasteiger partial charge in [0, 0.05) is 15.8 Å². The number of rotatable bonds is 8. The first-order chi connectivity index (χ1) is 7.72. The van der Waals surface area contributed by atoms with E-state index in [0.717, 1.165) is 0 Å². The maximum atomic E-state index is 3.46. The summed E-state index contributed by atoms with van der Waals surface area (Å²) in [5.41, 5.74) is 0. The van der Waals surface area contributed by atoms with E-state index < -0.39 is 0 Å². The van der Waals surface area contributed by atoms with Gasteiger partial charge in [-0.3, -0.25) is 0 Å². The van der Waals surface area contributed by atoms with Gasteiger partial charge < -0.3 is 5.32 Å². The van der Waals surface area contributed by atoms with Crippen LogP contribution in [0.15, 0.2) is 12.1 Å². The van der Waals surface area contributed by atoms with E-state index in [1.165, 1.54) is 43.5 Å². The Kier molecular flexibility index (Phi) is 6.74. The Hall–Kier alpha value is -0.340. The van der Waals surface area contributed by atoms with Crippen LogP contribution in [0, 0.1) is 0 Å². The lowest BCUT2D eigenvalue weighted by Crippen LogP contribution is -2.23. The van der Waals surface area contributed by atoms with Crippen LogP contribution in [0.1, 0.15) is 49.8 Å². The molecule has 1 rings (SSSR count). The molecule has 0 unspecified atom stereocenters. The Labute approximate surface area is 104 Å². The van der Waals surface area contributed by atoms with Gasteiger partial charge in [0.05, 0.1) is 0 Å². The number of unbranched alkanes of at least 4 members (excludes halogenated alkanes) is 2. The van der Waals surface area contributed by atoms with Crippen LogP contribution < -0.4 is 5.32 Å². The molecule has 1 aromatic heterocycles. The lowest BCUT2D eigenvalue weighted by Gasteiger charge is -2.06. The standard InChI is InChI=1S/C14H25NS/c1-4-13-9-10-14(16-13)8-6-5-7-11-15-12(2)3/h9-10,12,15H,4-8,11H2,1-3H3. The summed E-state index contributed by atoms with van der Waals surface area (Å²) in [6.45, 7) is 7.81. The van der Waals surface area contributed by atoms with Gasteiger partial charge in [0.2, 0.25) is 0 Å². The van der Waals surface area contributed by atoms with Gasteiger partial charge in [-0.25, -0.2) is 0 Å². The van der Waals surface area contributed by atoms with Crippen LogP contribution in [0.3, 0.4) is 0 Å². The number of thiophene rings is 1. The molecule has 0 aliphatic heterocycles. The molecule has 1 N–H and O–H groups in total. The summed E-state index contributed by atoms with van der Waals surface area (Å²) in [5, 5.41) is 3.46. The third kappa shape index (κ3) is 5.66. The largest absolute Gasteiger partial charge is 0.315 e. The van der Waals surface area contributed by atoms with E-state index in [4.69, 9.17) is 0 Å². The molecule has 0 bridgehead atoms. The lowest BCUT2D eigenvalue weighted by molar-refractivity contribution is 0.549.